The van der Waals surface area contributed by atoms with Crippen LogP contribution in [-0.4, -0.2) is 15.9 Å². The van der Waals surface area contributed by atoms with Crippen LogP contribution in [-0.2, 0) is 16.7 Å². The highest BCUT2D eigenvalue weighted by Crippen LogP contribution is 2.41. The average molecular weight is 449 g/mol. The fraction of sp³-hybridized carbons (Fsp3) is 0.190. The maximum absolute atomic E-state index is 13.8. The number of anilines is 1. The van der Waals surface area contributed by atoms with E-state index >= 15 is 0 Å². The first-order valence-electron chi connectivity index (χ1n) is 9.20. The third kappa shape index (κ3) is 4.34. The zero-order valence-corrected chi connectivity index (χ0v) is 16.6. The van der Waals surface area contributed by atoms with E-state index in [1.807, 2.05) is 0 Å². The second kappa shape index (κ2) is 8.18. The van der Waals surface area contributed by atoms with Gasteiger partial charge in [-0.15, -0.1) is 0 Å². The highest BCUT2D eigenvalue weighted by atomic mass is 32.2. The number of halogens is 4. The number of hydrogen-bond acceptors (Lipinski definition) is 4. The van der Waals surface area contributed by atoms with E-state index in [4.69, 9.17) is 0 Å². The van der Waals surface area contributed by atoms with Gasteiger partial charge in [0.2, 0.25) is 5.91 Å². The minimum Gasteiger partial charge on any atom is -0.310 e. The first-order valence-corrected chi connectivity index (χ1v) is 10.2. The molecule has 5 nitrogen and oxygen atoms in total. The van der Waals surface area contributed by atoms with Crippen LogP contribution < -0.4 is 10.9 Å². The Morgan fingerprint density at radius 3 is 2.52 bits per heavy atom. The van der Waals surface area contributed by atoms with Gasteiger partial charge in [-0.2, -0.15) is 13.2 Å². The van der Waals surface area contributed by atoms with Crippen molar-refractivity contribution in [3.05, 3.63) is 87.0 Å². The van der Waals surface area contributed by atoms with Crippen molar-refractivity contribution < 1.29 is 22.4 Å². The molecular weight excluding hydrogens is 434 g/mol. The van der Waals surface area contributed by atoms with Gasteiger partial charge in [0.05, 0.1) is 11.1 Å². The Labute approximate surface area is 177 Å². The largest absolute Gasteiger partial charge is 0.416 e. The molecule has 0 saturated heterocycles. The lowest BCUT2D eigenvalue weighted by atomic mass is 9.84. The molecule has 2 heterocycles. The van der Waals surface area contributed by atoms with Gasteiger partial charge in [0.15, 0.2) is 5.16 Å². The predicted octanol–water partition coefficient (Wildman–Crippen LogP) is 4.69. The van der Waals surface area contributed by atoms with Gasteiger partial charge in [-0.05, 0) is 23.3 Å². The summed E-state index contributed by atoms with van der Waals surface area (Å²) in [6, 6.07) is 11.0. The Kier molecular flexibility index (Phi) is 5.57. The maximum atomic E-state index is 13.8. The number of fused-ring (bicyclic) bond motifs is 1. The summed E-state index contributed by atoms with van der Waals surface area (Å²) in [6.45, 7) is 0. The van der Waals surface area contributed by atoms with Crippen molar-refractivity contribution in [3.63, 3.8) is 0 Å². The lowest BCUT2D eigenvalue weighted by Gasteiger charge is -2.26. The molecule has 1 amide bonds. The van der Waals surface area contributed by atoms with Crippen LogP contribution in [0.1, 0.15) is 34.6 Å². The molecule has 1 unspecified atom stereocenters. The highest BCUT2D eigenvalue weighted by Gasteiger charge is 2.39. The van der Waals surface area contributed by atoms with Crippen LogP contribution in [0, 0.1) is 5.82 Å². The molecule has 160 valence electrons. The third-order valence-corrected chi connectivity index (χ3v) is 5.82. The summed E-state index contributed by atoms with van der Waals surface area (Å²) in [7, 11) is 0. The Hall–Kier alpha value is -3.14. The number of aromatic amines is 1. The van der Waals surface area contributed by atoms with Crippen LogP contribution in [0.4, 0.5) is 23.4 Å². The molecule has 0 spiro atoms. The smallest absolute Gasteiger partial charge is 0.310 e. The molecule has 0 radical (unpaired) electrons. The molecule has 10 heteroatoms. The highest BCUT2D eigenvalue weighted by molar-refractivity contribution is 7.98. The van der Waals surface area contributed by atoms with Crippen molar-refractivity contribution >= 4 is 23.5 Å². The number of H-pyrrole nitrogens is 1. The summed E-state index contributed by atoms with van der Waals surface area (Å²) >= 11 is 1.04. The van der Waals surface area contributed by atoms with Crippen LogP contribution in [0.15, 0.2) is 58.5 Å². The maximum Gasteiger partial charge on any atom is 0.416 e. The summed E-state index contributed by atoms with van der Waals surface area (Å²) in [5.74, 6) is -1.96. The monoisotopic (exact) mass is 449 g/mol. The number of benzene rings is 2. The van der Waals surface area contributed by atoms with Gasteiger partial charge >= 0.3 is 6.18 Å². The van der Waals surface area contributed by atoms with Crippen molar-refractivity contribution in [3.8, 4) is 0 Å². The molecule has 2 N–H and O–H groups in total. The van der Waals surface area contributed by atoms with Gasteiger partial charge in [0, 0.05) is 18.1 Å². The van der Waals surface area contributed by atoms with E-state index in [9.17, 15) is 27.2 Å². The standard InChI is InChI=1S/C21H15F4N3O2S/c22-15-8-4-1-5-11(15)10-31-20-27-18-17(19(30)28-20)13(9-16(29)26-18)12-6-2-3-7-14(12)21(23,24)25/h1-8,13H,9-10H2,(H2,26,27,28,29,30). The van der Waals surface area contributed by atoms with E-state index in [0.29, 0.717) is 5.56 Å². The molecule has 1 aliphatic rings. The van der Waals surface area contributed by atoms with Gasteiger partial charge in [0.1, 0.15) is 11.6 Å². The van der Waals surface area contributed by atoms with Crippen LogP contribution >= 0.6 is 11.8 Å². The van der Waals surface area contributed by atoms with E-state index in [2.05, 4.69) is 15.3 Å². The number of alkyl halides is 3. The van der Waals surface area contributed by atoms with Crippen molar-refractivity contribution in [2.45, 2.75) is 29.4 Å². The van der Waals surface area contributed by atoms with E-state index in [0.717, 1.165) is 17.8 Å². The summed E-state index contributed by atoms with van der Waals surface area (Å²) < 4.78 is 54.3. The molecule has 3 aromatic rings. The zero-order valence-electron chi connectivity index (χ0n) is 15.8. The topological polar surface area (TPSA) is 74.8 Å². The SMILES string of the molecule is O=C1CC(c2ccccc2C(F)(F)F)c2c(nc(SCc3ccccc3F)[nH]c2=O)N1. The number of nitrogens with zero attached hydrogens (tertiary/aromatic N) is 1. The molecule has 0 aliphatic carbocycles. The molecule has 1 aromatic heterocycles. The van der Waals surface area contributed by atoms with Crippen molar-refractivity contribution in [1.82, 2.24) is 9.97 Å². The van der Waals surface area contributed by atoms with Crippen molar-refractivity contribution in [1.29, 1.82) is 0 Å². The number of carbonyl (C=O) groups is 1. The Morgan fingerprint density at radius 2 is 1.77 bits per heavy atom. The van der Waals surface area contributed by atoms with Crippen molar-refractivity contribution in [2.75, 3.05) is 5.32 Å². The Morgan fingerprint density at radius 1 is 1.06 bits per heavy atom. The van der Waals surface area contributed by atoms with Gasteiger partial charge in [-0.25, -0.2) is 9.37 Å². The fourth-order valence-corrected chi connectivity index (χ4v) is 4.35. The average Bonchev–Trinajstić information content (AvgIpc) is 2.71. The first kappa shape index (κ1) is 21.1. The lowest BCUT2D eigenvalue weighted by Crippen LogP contribution is -2.32. The van der Waals surface area contributed by atoms with Gasteiger partial charge in [0.25, 0.3) is 5.56 Å². The lowest BCUT2D eigenvalue weighted by molar-refractivity contribution is -0.138. The van der Waals surface area contributed by atoms with Crippen molar-refractivity contribution in [2.24, 2.45) is 0 Å². The third-order valence-electron chi connectivity index (χ3n) is 4.89. The summed E-state index contributed by atoms with van der Waals surface area (Å²) in [5.41, 5.74) is -1.35. The number of carbonyl (C=O) groups excluding carboxylic acids is 1. The Bertz CT molecular complexity index is 1210. The number of amides is 1. The molecule has 0 bridgehead atoms. The zero-order chi connectivity index (χ0) is 22.2. The molecule has 1 aliphatic heterocycles. The van der Waals surface area contributed by atoms with Gasteiger partial charge in [-0.3, -0.25) is 9.59 Å². The minimum absolute atomic E-state index is 0.0356. The number of hydrogen-bond donors (Lipinski definition) is 2. The molecule has 0 fully saturated rings. The Balaban J connectivity index is 1.72. The van der Waals surface area contributed by atoms with E-state index < -0.39 is 34.9 Å². The van der Waals surface area contributed by atoms with Crippen LogP contribution in [0.25, 0.3) is 0 Å². The number of aromatic nitrogens is 2. The first-order chi connectivity index (χ1) is 14.7. The fourth-order valence-electron chi connectivity index (χ4n) is 3.51. The van der Waals surface area contributed by atoms with E-state index in [-0.39, 0.29) is 34.3 Å². The summed E-state index contributed by atoms with van der Waals surface area (Å²) in [4.78, 5) is 31.8. The molecule has 4 rings (SSSR count). The van der Waals surface area contributed by atoms with Gasteiger partial charge in [-0.1, -0.05) is 48.2 Å². The van der Waals surface area contributed by atoms with E-state index in [1.165, 1.54) is 24.3 Å². The molecular formula is C21H15F4N3O2S. The summed E-state index contributed by atoms with van der Waals surface area (Å²) in [5, 5.41) is 2.59. The van der Waals surface area contributed by atoms with Gasteiger partial charge < -0.3 is 10.3 Å². The molecule has 2 aromatic carbocycles. The number of rotatable bonds is 4. The van der Waals surface area contributed by atoms with E-state index in [1.54, 1.807) is 18.2 Å². The quantitative estimate of drug-likeness (QED) is 0.344. The number of nitrogens with one attached hydrogen (secondary N) is 2. The normalized spacial score (nSPS) is 16.0. The molecule has 0 saturated carbocycles. The van der Waals surface area contributed by atoms with Crippen LogP contribution in [0.2, 0.25) is 0 Å². The second-order valence-electron chi connectivity index (χ2n) is 6.90. The predicted molar refractivity (Wildman–Crippen MR) is 107 cm³/mol. The molecule has 1 atom stereocenters. The number of thioether (sulfide) groups is 1. The minimum atomic E-state index is -4.64. The summed E-state index contributed by atoms with van der Waals surface area (Å²) in [6.07, 6.45) is -4.95. The second-order valence-corrected chi connectivity index (χ2v) is 7.87. The van der Waals surface area contributed by atoms with Crippen LogP contribution in [0.5, 0.6) is 0 Å². The molecule has 31 heavy (non-hydrogen) atoms. The van der Waals surface area contributed by atoms with Crippen LogP contribution in [0.3, 0.4) is 0 Å².